The van der Waals surface area contributed by atoms with Crippen LogP contribution in [0.3, 0.4) is 0 Å². The number of carbonyl (C=O) groups is 1. The number of amides is 1. The summed E-state index contributed by atoms with van der Waals surface area (Å²) >= 11 is 6.48. The Bertz CT molecular complexity index is 1360. The number of halogens is 1. The van der Waals surface area contributed by atoms with Gasteiger partial charge in [-0.15, -0.1) is 0 Å². The van der Waals surface area contributed by atoms with Crippen LogP contribution in [-0.4, -0.2) is 37.5 Å². The van der Waals surface area contributed by atoms with Crippen LogP contribution in [0.25, 0.3) is 11.4 Å². The second-order valence-corrected chi connectivity index (χ2v) is 10.00. The number of anilines is 3. The Kier molecular flexibility index (Phi) is 6.40. The van der Waals surface area contributed by atoms with Crippen LogP contribution in [0.5, 0.6) is 0 Å². The number of carbonyl (C=O) groups excluding carboxylic acids is 1. The van der Waals surface area contributed by atoms with E-state index in [0.29, 0.717) is 35.6 Å². The molecule has 1 aliphatic rings. The Balaban J connectivity index is 1.51. The normalized spacial score (nSPS) is 15.8. The molecule has 1 saturated heterocycles. The van der Waals surface area contributed by atoms with Gasteiger partial charge in [-0.2, -0.15) is 4.98 Å². The lowest BCUT2D eigenvalue weighted by molar-refractivity contribution is -0.125. The van der Waals surface area contributed by atoms with E-state index in [-0.39, 0.29) is 17.1 Å². The van der Waals surface area contributed by atoms with Gasteiger partial charge in [0.1, 0.15) is 22.5 Å². The van der Waals surface area contributed by atoms with Crippen molar-refractivity contribution in [3.63, 3.8) is 0 Å². The van der Waals surface area contributed by atoms with Crippen molar-refractivity contribution in [1.82, 2.24) is 25.1 Å². The maximum atomic E-state index is 13.5. The van der Waals surface area contributed by atoms with Gasteiger partial charge in [-0.3, -0.25) is 9.78 Å². The van der Waals surface area contributed by atoms with Crippen LogP contribution in [-0.2, 0) is 4.79 Å². The number of rotatable bonds is 5. The molecule has 5 rings (SSSR count). The van der Waals surface area contributed by atoms with E-state index in [4.69, 9.17) is 21.1 Å². The first-order valence-electron chi connectivity index (χ1n) is 11.8. The van der Waals surface area contributed by atoms with Crippen LogP contribution >= 0.6 is 11.6 Å². The molecule has 4 aromatic heterocycles. The maximum absolute atomic E-state index is 13.5. The van der Waals surface area contributed by atoms with Crippen molar-refractivity contribution < 1.29 is 9.32 Å². The molecule has 4 aromatic rings. The Labute approximate surface area is 214 Å². The highest BCUT2D eigenvalue weighted by atomic mass is 35.5. The molecule has 1 fully saturated rings. The first-order valence-corrected chi connectivity index (χ1v) is 12.1. The van der Waals surface area contributed by atoms with Crippen LogP contribution in [0.4, 0.5) is 17.6 Å². The van der Waals surface area contributed by atoms with Gasteiger partial charge in [0.25, 0.3) is 0 Å². The molecular weight excluding hydrogens is 478 g/mol. The van der Waals surface area contributed by atoms with Crippen LogP contribution in [0.1, 0.15) is 45.4 Å². The summed E-state index contributed by atoms with van der Waals surface area (Å²) in [7, 11) is 0. The lowest BCUT2D eigenvalue weighted by atomic mass is 9.94. The first-order chi connectivity index (χ1) is 17.3. The molecule has 0 N–H and O–H groups in total. The van der Waals surface area contributed by atoms with E-state index in [1.807, 2.05) is 56.0 Å². The first kappa shape index (κ1) is 23.9. The molecule has 1 amide bonds. The molecule has 0 saturated carbocycles. The van der Waals surface area contributed by atoms with E-state index >= 15 is 0 Å². The van der Waals surface area contributed by atoms with Crippen molar-refractivity contribution >= 4 is 35.1 Å². The summed E-state index contributed by atoms with van der Waals surface area (Å²) in [5, 5.41) is 4.45. The second kappa shape index (κ2) is 9.66. The monoisotopic (exact) mass is 503 g/mol. The van der Waals surface area contributed by atoms with E-state index < -0.39 is 5.41 Å². The van der Waals surface area contributed by atoms with Crippen molar-refractivity contribution in [3.05, 3.63) is 71.8 Å². The van der Waals surface area contributed by atoms with Crippen LogP contribution < -0.4 is 9.80 Å². The maximum Gasteiger partial charge on any atom is 0.239 e. The lowest BCUT2D eigenvalue weighted by Crippen LogP contribution is -2.37. The summed E-state index contributed by atoms with van der Waals surface area (Å²) in [4.78, 5) is 35.0. The Hall–Kier alpha value is -3.85. The molecule has 9 nitrogen and oxygen atoms in total. The number of pyridine rings is 2. The average molecular weight is 504 g/mol. The third kappa shape index (κ3) is 4.79. The fraction of sp³-hybridized carbons (Fsp3) is 0.308. The summed E-state index contributed by atoms with van der Waals surface area (Å²) < 4.78 is 5.72. The molecule has 0 radical (unpaired) electrons. The zero-order valence-corrected chi connectivity index (χ0v) is 21.1. The average Bonchev–Trinajstić information content (AvgIpc) is 3.54. The minimum absolute atomic E-state index is 0.122. The summed E-state index contributed by atoms with van der Waals surface area (Å²) in [5.41, 5.74) is 0.736. The molecule has 10 heteroatoms. The molecule has 0 aromatic carbocycles. The topological polar surface area (TPSA) is 101 Å². The van der Waals surface area contributed by atoms with Gasteiger partial charge in [0.15, 0.2) is 5.76 Å². The zero-order valence-electron chi connectivity index (χ0n) is 20.3. The third-order valence-electron chi connectivity index (χ3n) is 5.92. The van der Waals surface area contributed by atoms with E-state index in [0.717, 1.165) is 18.5 Å². The third-order valence-corrected chi connectivity index (χ3v) is 6.11. The van der Waals surface area contributed by atoms with Gasteiger partial charge in [0.2, 0.25) is 11.9 Å². The predicted molar refractivity (Wildman–Crippen MR) is 137 cm³/mol. The van der Waals surface area contributed by atoms with Crippen molar-refractivity contribution in [1.29, 1.82) is 0 Å². The summed E-state index contributed by atoms with van der Waals surface area (Å²) in [6.45, 7) is 6.28. The molecular formula is C26H26ClN7O2. The molecule has 1 aliphatic heterocycles. The minimum atomic E-state index is -0.674. The Morgan fingerprint density at radius 1 is 1.03 bits per heavy atom. The quantitative estimate of drug-likeness (QED) is 0.323. The number of hydrogen-bond donors (Lipinski definition) is 0. The molecule has 0 bridgehead atoms. The summed E-state index contributed by atoms with van der Waals surface area (Å²) in [6, 6.07) is 14.4. The largest absolute Gasteiger partial charge is 0.358 e. The van der Waals surface area contributed by atoms with Gasteiger partial charge >= 0.3 is 0 Å². The summed E-state index contributed by atoms with van der Waals surface area (Å²) in [6.07, 6.45) is 5.12. The predicted octanol–water partition coefficient (Wildman–Crippen LogP) is 5.63. The van der Waals surface area contributed by atoms with E-state index in [9.17, 15) is 4.79 Å². The van der Waals surface area contributed by atoms with Crippen molar-refractivity contribution in [2.24, 2.45) is 5.41 Å². The van der Waals surface area contributed by atoms with E-state index in [2.05, 4.69) is 20.1 Å². The molecule has 0 unspecified atom stereocenters. The Morgan fingerprint density at radius 2 is 1.81 bits per heavy atom. The molecule has 36 heavy (non-hydrogen) atoms. The van der Waals surface area contributed by atoms with Gasteiger partial charge in [-0.05, 0) is 37.1 Å². The zero-order chi connectivity index (χ0) is 25.3. The van der Waals surface area contributed by atoms with Gasteiger partial charge in [0.05, 0.1) is 11.7 Å². The minimum Gasteiger partial charge on any atom is -0.358 e. The van der Waals surface area contributed by atoms with Crippen molar-refractivity contribution in [2.45, 2.75) is 39.7 Å². The highest BCUT2D eigenvalue weighted by Gasteiger charge is 2.35. The highest BCUT2D eigenvalue weighted by Crippen LogP contribution is 2.38. The van der Waals surface area contributed by atoms with Crippen LogP contribution in [0, 0.1) is 5.41 Å². The lowest BCUT2D eigenvalue weighted by Gasteiger charge is -2.29. The van der Waals surface area contributed by atoms with E-state index in [1.165, 1.54) is 4.90 Å². The van der Waals surface area contributed by atoms with E-state index in [1.54, 1.807) is 30.6 Å². The SMILES string of the molecule is CC(C)(C)C(=O)N(c1ccccn1)c1cc(Cl)nc(N2CCC[C@H]2c2cc(-c3ccccn3)no2)n1. The van der Waals surface area contributed by atoms with Gasteiger partial charge < -0.3 is 9.42 Å². The highest BCUT2D eigenvalue weighted by molar-refractivity contribution is 6.29. The van der Waals surface area contributed by atoms with Crippen molar-refractivity contribution in [3.8, 4) is 11.4 Å². The molecule has 1 atom stereocenters. The van der Waals surface area contributed by atoms with Crippen molar-refractivity contribution in [2.75, 3.05) is 16.3 Å². The fourth-order valence-electron chi connectivity index (χ4n) is 4.17. The second-order valence-electron chi connectivity index (χ2n) is 9.61. The molecule has 0 spiro atoms. The van der Waals surface area contributed by atoms with Crippen LogP contribution in [0.15, 0.2) is 65.4 Å². The number of aromatic nitrogens is 5. The summed E-state index contributed by atoms with van der Waals surface area (Å²) in [5.74, 6) is 1.78. The van der Waals surface area contributed by atoms with Gasteiger partial charge in [-0.1, -0.05) is 49.7 Å². The fourth-order valence-corrected chi connectivity index (χ4v) is 4.34. The van der Waals surface area contributed by atoms with Gasteiger partial charge in [-0.25, -0.2) is 14.9 Å². The van der Waals surface area contributed by atoms with Gasteiger partial charge in [0, 0.05) is 36.5 Å². The number of hydrogen-bond acceptors (Lipinski definition) is 8. The van der Waals surface area contributed by atoms with Crippen LogP contribution in [0.2, 0.25) is 5.15 Å². The Morgan fingerprint density at radius 3 is 2.50 bits per heavy atom. The molecule has 5 heterocycles. The standard InChI is InChI=1S/C26H26ClN7O2/c1-26(2,3)24(35)34(22-11-5-7-13-29-22)23-16-21(27)30-25(31-23)33-14-8-10-19(33)20-15-18(32-36-20)17-9-4-6-12-28-17/h4-7,9,11-13,15-16,19H,8,10,14H2,1-3H3/t19-/m0/s1. The number of nitrogens with zero attached hydrogens (tertiary/aromatic N) is 7. The smallest absolute Gasteiger partial charge is 0.239 e. The molecule has 184 valence electrons. The molecule has 0 aliphatic carbocycles.